The average molecular weight is 263 g/mol. The Kier molecular flexibility index (Phi) is 4.35. The predicted octanol–water partition coefficient (Wildman–Crippen LogP) is 3.62. The quantitative estimate of drug-likeness (QED) is 0.668. The van der Waals surface area contributed by atoms with Crippen molar-refractivity contribution in [3.63, 3.8) is 0 Å². The van der Waals surface area contributed by atoms with Gasteiger partial charge in [-0.3, -0.25) is 4.79 Å². The number of carbonyl (C=O) groups is 1. The summed E-state index contributed by atoms with van der Waals surface area (Å²) in [6, 6.07) is 4.62. The molecule has 1 saturated carbocycles. The number of carbonyl (C=O) groups excluding carboxylic acids is 1. The van der Waals surface area contributed by atoms with E-state index in [1.807, 2.05) is 0 Å². The number of ketones is 1. The molecule has 1 aliphatic rings. The Hall–Kier alpha value is -1.22. The van der Waals surface area contributed by atoms with Crippen LogP contribution in [0.5, 0.6) is 0 Å². The first kappa shape index (κ1) is 14.2. The lowest BCUT2D eigenvalue weighted by Crippen LogP contribution is -2.38. The minimum absolute atomic E-state index is 0.0972. The summed E-state index contributed by atoms with van der Waals surface area (Å²) >= 11 is 0. The number of Topliss-reactive ketones (excluding diaryl/α,β-unsaturated/α-hetero) is 1. The van der Waals surface area contributed by atoms with Crippen LogP contribution in [0.2, 0.25) is 0 Å². The second-order valence-corrected chi connectivity index (χ2v) is 5.69. The Morgan fingerprint density at radius 2 is 1.89 bits per heavy atom. The van der Waals surface area contributed by atoms with Gasteiger partial charge in [-0.2, -0.15) is 0 Å². The van der Waals surface area contributed by atoms with Gasteiger partial charge in [0.25, 0.3) is 0 Å². The first-order valence-corrected chi connectivity index (χ1v) is 7.10. The van der Waals surface area contributed by atoms with Crippen LogP contribution in [0, 0.1) is 18.2 Å². The fourth-order valence-electron chi connectivity index (χ4n) is 3.02. The molecule has 1 aliphatic carbocycles. The van der Waals surface area contributed by atoms with Gasteiger partial charge in [0.1, 0.15) is 5.82 Å². The van der Waals surface area contributed by atoms with Crippen molar-refractivity contribution in [3.05, 3.63) is 35.1 Å². The van der Waals surface area contributed by atoms with Gasteiger partial charge in [-0.05, 0) is 43.5 Å². The van der Waals surface area contributed by atoms with Gasteiger partial charge >= 0.3 is 0 Å². The van der Waals surface area contributed by atoms with Gasteiger partial charge in [-0.15, -0.1) is 0 Å². The SMILES string of the molecule is Cc1cc(C(=O)C2(CN)CCCCCC2)ccc1F. The Morgan fingerprint density at radius 3 is 2.42 bits per heavy atom. The molecule has 19 heavy (non-hydrogen) atoms. The fourth-order valence-corrected chi connectivity index (χ4v) is 3.02. The van der Waals surface area contributed by atoms with Gasteiger partial charge in [0.15, 0.2) is 5.78 Å². The van der Waals surface area contributed by atoms with Crippen molar-refractivity contribution >= 4 is 5.78 Å². The van der Waals surface area contributed by atoms with Crippen molar-refractivity contribution in [3.8, 4) is 0 Å². The molecular weight excluding hydrogens is 241 g/mol. The second-order valence-electron chi connectivity index (χ2n) is 5.69. The van der Waals surface area contributed by atoms with E-state index >= 15 is 0 Å². The van der Waals surface area contributed by atoms with Crippen molar-refractivity contribution < 1.29 is 9.18 Å². The Balaban J connectivity index is 2.31. The summed E-state index contributed by atoms with van der Waals surface area (Å²) in [5.74, 6) is -0.167. The van der Waals surface area contributed by atoms with E-state index in [2.05, 4.69) is 0 Å². The van der Waals surface area contributed by atoms with Crippen LogP contribution >= 0.6 is 0 Å². The minimum Gasteiger partial charge on any atom is -0.329 e. The molecule has 0 heterocycles. The molecule has 2 rings (SSSR count). The molecule has 1 aromatic carbocycles. The average Bonchev–Trinajstić information content (AvgIpc) is 2.67. The number of benzene rings is 1. The Bertz CT molecular complexity index is 462. The third-order valence-electron chi connectivity index (χ3n) is 4.35. The molecular formula is C16H22FNO. The highest BCUT2D eigenvalue weighted by atomic mass is 19.1. The highest BCUT2D eigenvalue weighted by molar-refractivity contribution is 6.00. The van der Waals surface area contributed by atoms with Crippen molar-refractivity contribution in [1.29, 1.82) is 0 Å². The monoisotopic (exact) mass is 263 g/mol. The summed E-state index contributed by atoms with van der Waals surface area (Å²) in [5, 5.41) is 0. The zero-order valence-electron chi connectivity index (χ0n) is 11.5. The van der Waals surface area contributed by atoms with Crippen molar-refractivity contribution in [2.24, 2.45) is 11.1 Å². The number of hydrogen-bond donors (Lipinski definition) is 1. The molecule has 0 atom stereocenters. The van der Waals surface area contributed by atoms with E-state index in [9.17, 15) is 9.18 Å². The summed E-state index contributed by atoms with van der Waals surface area (Å²) < 4.78 is 13.3. The number of hydrogen-bond acceptors (Lipinski definition) is 2. The number of aryl methyl sites for hydroxylation is 1. The smallest absolute Gasteiger partial charge is 0.170 e. The Labute approximate surface area is 114 Å². The topological polar surface area (TPSA) is 43.1 Å². The number of nitrogens with two attached hydrogens (primary N) is 1. The Morgan fingerprint density at radius 1 is 1.26 bits per heavy atom. The molecule has 0 unspecified atom stereocenters. The number of rotatable bonds is 3. The molecule has 1 fully saturated rings. The largest absolute Gasteiger partial charge is 0.329 e. The molecule has 2 nitrogen and oxygen atoms in total. The van der Waals surface area contributed by atoms with E-state index in [0.29, 0.717) is 17.7 Å². The highest BCUT2D eigenvalue weighted by Gasteiger charge is 2.37. The third-order valence-corrected chi connectivity index (χ3v) is 4.35. The highest BCUT2D eigenvalue weighted by Crippen LogP contribution is 2.37. The van der Waals surface area contributed by atoms with Crippen LogP contribution in [0.25, 0.3) is 0 Å². The van der Waals surface area contributed by atoms with Crippen molar-refractivity contribution in [1.82, 2.24) is 0 Å². The maximum absolute atomic E-state index is 13.3. The van der Waals surface area contributed by atoms with Gasteiger partial charge in [-0.25, -0.2) is 4.39 Å². The maximum Gasteiger partial charge on any atom is 0.170 e. The lowest BCUT2D eigenvalue weighted by atomic mass is 9.74. The molecule has 104 valence electrons. The molecule has 0 bridgehead atoms. The summed E-state index contributed by atoms with van der Waals surface area (Å²) in [5.41, 5.74) is 6.61. The third kappa shape index (κ3) is 2.86. The van der Waals surface area contributed by atoms with Crippen LogP contribution in [0.1, 0.15) is 54.4 Å². The zero-order valence-corrected chi connectivity index (χ0v) is 11.5. The summed E-state index contributed by atoms with van der Waals surface area (Å²) in [4.78, 5) is 12.8. The molecule has 3 heteroatoms. The fraction of sp³-hybridized carbons (Fsp3) is 0.562. The van der Waals surface area contributed by atoms with Crippen molar-refractivity contribution in [2.75, 3.05) is 6.54 Å². The minimum atomic E-state index is -0.430. The molecule has 0 amide bonds. The molecule has 0 radical (unpaired) electrons. The van der Waals surface area contributed by atoms with Crippen LogP contribution in [0.3, 0.4) is 0 Å². The van der Waals surface area contributed by atoms with E-state index in [1.54, 1.807) is 19.1 Å². The predicted molar refractivity (Wildman–Crippen MR) is 74.7 cm³/mol. The van der Waals surface area contributed by atoms with Crippen LogP contribution in [0.4, 0.5) is 4.39 Å². The van der Waals surface area contributed by atoms with Gasteiger partial charge in [-0.1, -0.05) is 25.7 Å². The van der Waals surface area contributed by atoms with E-state index in [4.69, 9.17) is 5.73 Å². The molecule has 0 saturated heterocycles. The number of halogens is 1. The normalized spacial score (nSPS) is 18.9. The molecule has 1 aromatic rings. The first-order chi connectivity index (χ1) is 9.09. The first-order valence-electron chi connectivity index (χ1n) is 7.10. The maximum atomic E-state index is 13.3. The van der Waals surface area contributed by atoms with E-state index in [-0.39, 0.29) is 11.6 Å². The van der Waals surface area contributed by atoms with Crippen LogP contribution in [-0.4, -0.2) is 12.3 Å². The second kappa shape index (κ2) is 5.83. The summed E-state index contributed by atoms with van der Waals surface area (Å²) in [6.07, 6.45) is 6.19. The van der Waals surface area contributed by atoms with E-state index in [1.165, 1.54) is 18.9 Å². The van der Waals surface area contributed by atoms with Gasteiger partial charge in [0.2, 0.25) is 0 Å². The molecule has 0 spiro atoms. The standard InChI is InChI=1S/C16H22FNO/c1-12-10-13(6-7-14(12)17)15(19)16(11-18)8-4-2-3-5-9-16/h6-7,10H,2-5,8-9,11,18H2,1H3. The zero-order chi connectivity index (χ0) is 13.9. The van der Waals surface area contributed by atoms with E-state index < -0.39 is 5.41 Å². The van der Waals surface area contributed by atoms with E-state index in [0.717, 1.165) is 25.7 Å². The lowest BCUT2D eigenvalue weighted by molar-refractivity contribution is 0.0774. The van der Waals surface area contributed by atoms with Gasteiger partial charge in [0, 0.05) is 17.5 Å². The summed E-state index contributed by atoms with van der Waals surface area (Å²) in [7, 11) is 0. The van der Waals surface area contributed by atoms with Crippen LogP contribution in [0.15, 0.2) is 18.2 Å². The molecule has 0 aromatic heterocycles. The summed E-state index contributed by atoms with van der Waals surface area (Å²) in [6.45, 7) is 2.08. The molecule has 2 N–H and O–H groups in total. The van der Waals surface area contributed by atoms with Crippen molar-refractivity contribution in [2.45, 2.75) is 45.4 Å². The molecule has 0 aliphatic heterocycles. The van der Waals surface area contributed by atoms with Crippen LogP contribution < -0.4 is 5.73 Å². The lowest BCUT2D eigenvalue weighted by Gasteiger charge is -2.29. The van der Waals surface area contributed by atoms with Gasteiger partial charge in [0.05, 0.1) is 0 Å². The van der Waals surface area contributed by atoms with Crippen LogP contribution in [-0.2, 0) is 0 Å². The van der Waals surface area contributed by atoms with Gasteiger partial charge < -0.3 is 5.73 Å².